The van der Waals surface area contributed by atoms with Crippen LogP contribution in [0.5, 0.6) is 5.75 Å². The Morgan fingerprint density at radius 3 is 2.33 bits per heavy atom. The van der Waals surface area contributed by atoms with Gasteiger partial charge < -0.3 is 20.1 Å². The fourth-order valence-electron chi connectivity index (χ4n) is 2.97. The summed E-state index contributed by atoms with van der Waals surface area (Å²) in [5.74, 6) is -1.52. The number of aliphatic hydroxyl groups excluding tert-OH is 1. The Labute approximate surface area is 196 Å². The largest absolute Gasteiger partial charge is 0.484 e. The molecule has 6 heteroatoms. The van der Waals surface area contributed by atoms with Gasteiger partial charge in [-0.3, -0.25) is 4.79 Å². The van der Waals surface area contributed by atoms with E-state index >= 15 is 0 Å². The standard InChI is InChI=1S/C27H36O6/c1-2-3-4-5-6-7-8-9-10-11-12-13-16-25(24(28)15-14-17-26(29)30)33-23-20-18-22(19-21-23)27(31)32/h6-7,9-13,16,18-21,24-25,28H,2-5,8,14-15,17H2,1H3,(H,29,30)(H,31,32)/b7-6-,10-9-,12-11+,16-13+. The van der Waals surface area contributed by atoms with E-state index in [0.29, 0.717) is 12.2 Å². The molecule has 1 rings (SSSR count). The third-order valence-electron chi connectivity index (χ3n) is 4.83. The topological polar surface area (TPSA) is 104 Å². The zero-order valence-electron chi connectivity index (χ0n) is 19.3. The summed E-state index contributed by atoms with van der Waals surface area (Å²) >= 11 is 0. The van der Waals surface area contributed by atoms with Gasteiger partial charge in [-0.15, -0.1) is 0 Å². The highest BCUT2D eigenvalue weighted by molar-refractivity contribution is 5.87. The number of hydrogen-bond acceptors (Lipinski definition) is 4. The van der Waals surface area contributed by atoms with E-state index in [1.165, 1.54) is 43.5 Å². The van der Waals surface area contributed by atoms with Crippen LogP contribution in [0.2, 0.25) is 0 Å². The van der Waals surface area contributed by atoms with Crippen molar-refractivity contribution in [3.05, 3.63) is 78.4 Å². The number of carbonyl (C=O) groups is 2. The van der Waals surface area contributed by atoms with Gasteiger partial charge in [0.1, 0.15) is 11.9 Å². The second-order valence-corrected chi connectivity index (χ2v) is 7.67. The monoisotopic (exact) mass is 456 g/mol. The molecule has 0 spiro atoms. The number of carboxylic acids is 2. The van der Waals surface area contributed by atoms with Crippen LogP contribution in [-0.4, -0.2) is 39.5 Å². The predicted molar refractivity (Wildman–Crippen MR) is 131 cm³/mol. The SMILES string of the molecule is CCCCC/C=C\C\C=C/C=C/C=C/C(Oc1ccc(C(=O)O)cc1)C(O)CCCC(=O)O. The molecule has 0 radical (unpaired) electrons. The lowest BCUT2D eigenvalue weighted by Gasteiger charge is -2.21. The smallest absolute Gasteiger partial charge is 0.335 e. The van der Waals surface area contributed by atoms with Crippen molar-refractivity contribution in [3.63, 3.8) is 0 Å². The molecule has 0 aliphatic heterocycles. The van der Waals surface area contributed by atoms with Crippen molar-refractivity contribution in [1.82, 2.24) is 0 Å². The molecular weight excluding hydrogens is 420 g/mol. The Balaban J connectivity index is 2.63. The number of unbranched alkanes of at least 4 members (excludes halogenated alkanes) is 3. The molecule has 6 nitrogen and oxygen atoms in total. The maximum Gasteiger partial charge on any atom is 0.335 e. The molecule has 2 unspecified atom stereocenters. The third-order valence-corrected chi connectivity index (χ3v) is 4.83. The number of allylic oxidation sites excluding steroid dienone is 7. The van der Waals surface area contributed by atoms with E-state index in [2.05, 4.69) is 25.2 Å². The summed E-state index contributed by atoms with van der Waals surface area (Å²) in [4.78, 5) is 21.7. The van der Waals surface area contributed by atoms with Crippen LogP contribution in [0, 0.1) is 0 Å². The average molecular weight is 457 g/mol. The molecule has 1 aromatic carbocycles. The second-order valence-electron chi connectivity index (χ2n) is 7.67. The molecule has 0 aliphatic rings. The van der Waals surface area contributed by atoms with Gasteiger partial charge in [0.25, 0.3) is 0 Å². The molecule has 0 saturated carbocycles. The lowest BCUT2D eigenvalue weighted by atomic mass is 10.1. The first-order valence-electron chi connectivity index (χ1n) is 11.5. The predicted octanol–water partition coefficient (Wildman–Crippen LogP) is 5.94. The van der Waals surface area contributed by atoms with Crippen LogP contribution in [0.3, 0.4) is 0 Å². The lowest BCUT2D eigenvalue weighted by molar-refractivity contribution is -0.137. The van der Waals surface area contributed by atoms with Crippen LogP contribution in [-0.2, 0) is 4.79 Å². The summed E-state index contributed by atoms with van der Waals surface area (Å²) in [6.45, 7) is 2.19. The Kier molecular flexibility index (Phi) is 14.7. The number of aromatic carboxylic acids is 1. The van der Waals surface area contributed by atoms with E-state index in [9.17, 15) is 14.7 Å². The summed E-state index contributed by atoms with van der Waals surface area (Å²) < 4.78 is 5.83. The molecule has 0 bridgehead atoms. The molecule has 2 atom stereocenters. The number of carboxylic acid groups (broad SMARTS) is 2. The highest BCUT2D eigenvalue weighted by Crippen LogP contribution is 2.18. The van der Waals surface area contributed by atoms with E-state index < -0.39 is 24.1 Å². The summed E-state index contributed by atoms with van der Waals surface area (Å²) in [7, 11) is 0. The Morgan fingerprint density at radius 1 is 0.939 bits per heavy atom. The minimum atomic E-state index is -1.03. The van der Waals surface area contributed by atoms with Crippen molar-refractivity contribution in [3.8, 4) is 5.75 Å². The number of aliphatic hydroxyl groups is 1. The number of ether oxygens (including phenoxy) is 1. The quantitative estimate of drug-likeness (QED) is 0.152. The van der Waals surface area contributed by atoms with Gasteiger partial charge in [-0.2, -0.15) is 0 Å². The fourth-order valence-corrected chi connectivity index (χ4v) is 2.97. The van der Waals surface area contributed by atoms with Crippen molar-refractivity contribution in [2.24, 2.45) is 0 Å². The Morgan fingerprint density at radius 2 is 1.67 bits per heavy atom. The van der Waals surface area contributed by atoms with Gasteiger partial charge in [0.15, 0.2) is 0 Å². The van der Waals surface area contributed by atoms with E-state index in [-0.39, 0.29) is 18.4 Å². The van der Waals surface area contributed by atoms with Gasteiger partial charge in [0.05, 0.1) is 11.7 Å². The maximum absolute atomic E-state index is 11.0. The molecular formula is C27H36O6. The normalized spacial score (nSPS) is 13.9. The first kappa shape index (κ1) is 27.9. The summed E-state index contributed by atoms with van der Waals surface area (Å²) in [5, 5.41) is 28.3. The molecule has 0 aliphatic carbocycles. The van der Waals surface area contributed by atoms with E-state index in [4.69, 9.17) is 14.9 Å². The van der Waals surface area contributed by atoms with Gasteiger partial charge >= 0.3 is 11.9 Å². The number of rotatable bonds is 17. The van der Waals surface area contributed by atoms with Crippen molar-refractivity contribution < 1.29 is 29.6 Å². The van der Waals surface area contributed by atoms with Crippen LogP contribution in [0.15, 0.2) is 72.9 Å². The van der Waals surface area contributed by atoms with Crippen LogP contribution >= 0.6 is 0 Å². The average Bonchev–Trinajstić information content (AvgIpc) is 2.79. The fraction of sp³-hybridized carbons (Fsp3) is 0.407. The van der Waals surface area contributed by atoms with Gasteiger partial charge in [-0.1, -0.05) is 62.3 Å². The first-order chi connectivity index (χ1) is 15.9. The van der Waals surface area contributed by atoms with E-state index in [1.54, 1.807) is 12.2 Å². The minimum Gasteiger partial charge on any atom is -0.484 e. The molecule has 0 amide bonds. The van der Waals surface area contributed by atoms with Crippen molar-refractivity contribution in [2.75, 3.05) is 0 Å². The Hall–Kier alpha value is -3.12. The van der Waals surface area contributed by atoms with Crippen LogP contribution in [0.1, 0.15) is 68.6 Å². The molecule has 33 heavy (non-hydrogen) atoms. The molecule has 3 N–H and O–H groups in total. The Bertz CT molecular complexity index is 804. The minimum absolute atomic E-state index is 0.0292. The molecule has 0 saturated heterocycles. The maximum atomic E-state index is 11.0. The number of benzene rings is 1. The molecule has 0 aromatic heterocycles. The molecule has 180 valence electrons. The first-order valence-corrected chi connectivity index (χ1v) is 11.5. The number of aliphatic carboxylic acids is 1. The van der Waals surface area contributed by atoms with Crippen LogP contribution in [0.4, 0.5) is 0 Å². The summed E-state index contributed by atoms with van der Waals surface area (Å²) in [6.07, 6.45) is 20.2. The van der Waals surface area contributed by atoms with Crippen LogP contribution in [0.25, 0.3) is 0 Å². The van der Waals surface area contributed by atoms with Crippen molar-refractivity contribution in [1.29, 1.82) is 0 Å². The zero-order chi connectivity index (χ0) is 24.3. The van der Waals surface area contributed by atoms with Gasteiger partial charge in [0, 0.05) is 6.42 Å². The molecule has 0 fully saturated rings. The van der Waals surface area contributed by atoms with Crippen LogP contribution < -0.4 is 4.74 Å². The summed E-state index contributed by atoms with van der Waals surface area (Å²) in [5.41, 5.74) is 0.141. The molecule has 0 heterocycles. The van der Waals surface area contributed by atoms with Gasteiger partial charge in [-0.25, -0.2) is 4.79 Å². The van der Waals surface area contributed by atoms with E-state index in [1.807, 2.05) is 18.2 Å². The van der Waals surface area contributed by atoms with Gasteiger partial charge in [0.2, 0.25) is 0 Å². The third kappa shape index (κ3) is 13.8. The highest BCUT2D eigenvalue weighted by atomic mass is 16.5. The van der Waals surface area contributed by atoms with Crippen molar-refractivity contribution in [2.45, 2.75) is 70.5 Å². The second kappa shape index (κ2) is 17.4. The number of hydrogen-bond donors (Lipinski definition) is 3. The summed E-state index contributed by atoms with van der Waals surface area (Å²) in [6, 6.07) is 5.92. The van der Waals surface area contributed by atoms with E-state index in [0.717, 1.165) is 12.8 Å². The lowest BCUT2D eigenvalue weighted by Crippen LogP contribution is -2.30. The van der Waals surface area contributed by atoms with Crippen molar-refractivity contribution >= 4 is 11.9 Å². The molecule has 1 aromatic rings. The highest BCUT2D eigenvalue weighted by Gasteiger charge is 2.18. The zero-order valence-corrected chi connectivity index (χ0v) is 19.3. The van der Waals surface area contributed by atoms with Gasteiger partial charge in [-0.05, 0) is 62.4 Å².